The first-order chi connectivity index (χ1) is 8.27. The molecule has 1 rings (SSSR count). The van der Waals surface area contributed by atoms with Crippen LogP contribution < -0.4 is 5.32 Å². The maximum atomic E-state index is 5.55. The lowest BCUT2D eigenvalue weighted by Gasteiger charge is -2.28. The molecule has 1 aliphatic rings. The highest BCUT2D eigenvalue weighted by molar-refractivity contribution is 4.79. The van der Waals surface area contributed by atoms with E-state index < -0.39 is 0 Å². The average molecular weight is 244 g/mol. The summed E-state index contributed by atoms with van der Waals surface area (Å²) in [5.74, 6) is 0. The van der Waals surface area contributed by atoms with Crippen LogP contribution in [0.4, 0.5) is 0 Å². The van der Waals surface area contributed by atoms with Crippen molar-refractivity contribution in [2.24, 2.45) is 0 Å². The highest BCUT2D eigenvalue weighted by atomic mass is 16.5. The van der Waals surface area contributed by atoms with Gasteiger partial charge in [-0.3, -0.25) is 4.90 Å². The zero-order chi connectivity index (χ0) is 12.5. The van der Waals surface area contributed by atoms with Gasteiger partial charge >= 0.3 is 0 Å². The lowest BCUT2D eigenvalue weighted by atomic mass is 10.2. The number of nitrogens with zero attached hydrogens (tertiary/aromatic N) is 1. The molecular weight excluding hydrogens is 216 g/mol. The molecule has 1 saturated heterocycles. The molecule has 2 unspecified atom stereocenters. The summed E-state index contributed by atoms with van der Waals surface area (Å²) in [6.07, 6.45) is 2.43. The van der Waals surface area contributed by atoms with E-state index in [9.17, 15) is 0 Å². The topological polar surface area (TPSA) is 33.7 Å². The van der Waals surface area contributed by atoms with E-state index >= 15 is 0 Å². The third-order valence-corrected chi connectivity index (χ3v) is 3.52. The second-order valence-electron chi connectivity index (χ2n) is 4.80. The van der Waals surface area contributed by atoms with Crippen LogP contribution in [0, 0.1) is 0 Å². The van der Waals surface area contributed by atoms with Crippen LogP contribution in [0.3, 0.4) is 0 Å². The highest BCUT2D eigenvalue weighted by Crippen LogP contribution is 2.10. The van der Waals surface area contributed by atoms with Crippen molar-refractivity contribution in [2.75, 3.05) is 46.6 Å². The molecule has 1 heterocycles. The zero-order valence-corrected chi connectivity index (χ0v) is 11.6. The van der Waals surface area contributed by atoms with Crippen molar-refractivity contribution in [3.8, 4) is 0 Å². The minimum Gasteiger partial charge on any atom is -0.382 e. The fourth-order valence-electron chi connectivity index (χ4n) is 2.22. The Morgan fingerprint density at radius 3 is 2.82 bits per heavy atom. The van der Waals surface area contributed by atoms with Crippen molar-refractivity contribution in [3.63, 3.8) is 0 Å². The van der Waals surface area contributed by atoms with Gasteiger partial charge in [0.05, 0.1) is 19.8 Å². The van der Waals surface area contributed by atoms with Gasteiger partial charge in [0.1, 0.15) is 0 Å². The molecule has 1 N–H and O–H groups in total. The van der Waals surface area contributed by atoms with Crippen LogP contribution in [-0.4, -0.2) is 63.5 Å². The van der Waals surface area contributed by atoms with Gasteiger partial charge in [0.25, 0.3) is 0 Å². The first-order valence-electron chi connectivity index (χ1n) is 6.82. The average Bonchev–Trinajstić information content (AvgIpc) is 2.51. The van der Waals surface area contributed by atoms with Crippen LogP contribution in [0.25, 0.3) is 0 Å². The van der Waals surface area contributed by atoms with Crippen LogP contribution in [0.15, 0.2) is 0 Å². The molecule has 0 amide bonds. The van der Waals surface area contributed by atoms with Crippen LogP contribution in [0.5, 0.6) is 0 Å². The van der Waals surface area contributed by atoms with Crippen molar-refractivity contribution in [1.82, 2.24) is 10.2 Å². The summed E-state index contributed by atoms with van der Waals surface area (Å²) >= 11 is 0. The smallest absolute Gasteiger partial charge is 0.0700 e. The van der Waals surface area contributed by atoms with Gasteiger partial charge in [-0.15, -0.1) is 0 Å². The Morgan fingerprint density at radius 1 is 1.29 bits per heavy atom. The van der Waals surface area contributed by atoms with Gasteiger partial charge in [0.15, 0.2) is 0 Å². The molecule has 0 radical (unpaired) electrons. The molecular formula is C13H28N2O2. The minimum absolute atomic E-state index is 0.638. The quantitative estimate of drug-likeness (QED) is 0.680. The predicted molar refractivity (Wildman–Crippen MR) is 70.4 cm³/mol. The maximum Gasteiger partial charge on any atom is 0.0700 e. The summed E-state index contributed by atoms with van der Waals surface area (Å²) in [7, 11) is 1.71. The van der Waals surface area contributed by atoms with Crippen LogP contribution in [-0.2, 0) is 9.47 Å². The van der Waals surface area contributed by atoms with E-state index in [2.05, 4.69) is 24.1 Å². The van der Waals surface area contributed by atoms with Crippen molar-refractivity contribution < 1.29 is 9.47 Å². The summed E-state index contributed by atoms with van der Waals surface area (Å²) in [6.45, 7) is 10.1. The molecule has 2 atom stereocenters. The first-order valence-corrected chi connectivity index (χ1v) is 6.82. The SMILES string of the molecule is CCC1CN(CCOCCOC)C(C)CCN1. The van der Waals surface area contributed by atoms with E-state index in [1.54, 1.807) is 7.11 Å². The van der Waals surface area contributed by atoms with E-state index in [-0.39, 0.29) is 0 Å². The summed E-state index contributed by atoms with van der Waals surface area (Å²) in [5, 5.41) is 3.60. The summed E-state index contributed by atoms with van der Waals surface area (Å²) in [4.78, 5) is 2.54. The number of rotatable bonds is 7. The molecule has 0 saturated carbocycles. The monoisotopic (exact) mass is 244 g/mol. The summed E-state index contributed by atoms with van der Waals surface area (Å²) in [5.41, 5.74) is 0. The van der Waals surface area contributed by atoms with Gasteiger partial charge in [0, 0.05) is 32.3 Å². The van der Waals surface area contributed by atoms with E-state index in [0.29, 0.717) is 25.3 Å². The number of hydrogen-bond donors (Lipinski definition) is 1. The van der Waals surface area contributed by atoms with Crippen LogP contribution >= 0.6 is 0 Å². The van der Waals surface area contributed by atoms with E-state index in [0.717, 1.165) is 26.2 Å². The fourth-order valence-corrected chi connectivity index (χ4v) is 2.22. The molecule has 102 valence electrons. The van der Waals surface area contributed by atoms with Gasteiger partial charge in [-0.2, -0.15) is 0 Å². The van der Waals surface area contributed by atoms with Crippen molar-refractivity contribution in [2.45, 2.75) is 38.8 Å². The second kappa shape index (κ2) is 8.86. The third kappa shape index (κ3) is 5.82. The molecule has 0 aromatic carbocycles. The van der Waals surface area contributed by atoms with Crippen molar-refractivity contribution in [1.29, 1.82) is 0 Å². The first kappa shape index (κ1) is 14.9. The van der Waals surface area contributed by atoms with Gasteiger partial charge in [-0.1, -0.05) is 6.92 Å². The number of nitrogens with one attached hydrogen (secondary N) is 1. The fraction of sp³-hybridized carbons (Fsp3) is 1.00. The Labute approximate surface area is 106 Å². The Morgan fingerprint density at radius 2 is 2.12 bits per heavy atom. The Bertz CT molecular complexity index is 190. The molecule has 0 spiro atoms. The van der Waals surface area contributed by atoms with Gasteiger partial charge in [-0.05, 0) is 26.3 Å². The molecule has 0 aromatic rings. The molecule has 0 aliphatic carbocycles. The molecule has 0 bridgehead atoms. The van der Waals surface area contributed by atoms with Crippen LogP contribution in [0.2, 0.25) is 0 Å². The molecule has 17 heavy (non-hydrogen) atoms. The molecule has 1 fully saturated rings. The lowest BCUT2D eigenvalue weighted by Crippen LogP contribution is -2.41. The lowest BCUT2D eigenvalue weighted by molar-refractivity contribution is 0.0504. The van der Waals surface area contributed by atoms with Crippen molar-refractivity contribution in [3.05, 3.63) is 0 Å². The van der Waals surface area contributed by atoms with Crippen LogP contribution in [0.1, 0.15) is 26.7 Å². The van der Waals surface area contributed by atoms with Gasteiger partial charge in [0.2, 0.25) is 0 Å². The number of methoxy groups -OCH3 is 1. The van der Waals surface area contributed by atoms with E-state index in [1.807, 2.05) is 0 Å². The van der Waals surface area contributed by atoms with Gasteiger partial charge in [-0.25, -0.2) is 0 Å². The summed E-state index contributed by atoms with van der Waals surface area (Å²) in [6, 6.07) is 1.30. The Balaban J connectivity index is 2.22. The minimum atomic E-state index is 0.638. The van der Waals surface area contributed by atoms with Gasteiger partial charge < -0.3 is 14.8 Å². The third-order valence-electron chi connectivity index (χ3n) is 3.52. The Hall–Kier alpha value is -0.160. The van der Waals surface area contributed by atoms with E-state index in [1.165, 1.54) is 12.8 Å². The molecule has 4 heteroatoms. The molecule has 4 nitrogen and oxygen atoms in total. The standard InChI is InChI=1S/C13H28N2O2/c1-4-13-11-15(12(2)5-6-14-13)7-8-17-10-9-16-3/h12-14H,4-11H2,1-3H3. The molecule has 0 aromatic heterocycles. The van der Waals surface area contributed by atoms with Crippen molar-refractivity contribution >= 4 is 0 Å². The number of hydrogen-bond acceptors (Lipinski definition) is 4. The summed E-state index contributed by atoms with van der Waals surface area (Å²) < 4.78 is 10.5. The highest BCUT2D eigenvalue weighted by Gasteiger charge is 2.21. The zero-order valence-electron chi connectivity index (χ0n) is 11.6. The predicted octanol–water partition coefficient (Wildman–Crippen LogP) is 1.11. The molecule has 1 aliphatic heterocycles. The largest absolute Gasteiger partial charge is 0.382 e. The normalized spacial score (nSPS) is 27.0. The number of ether oxygens (including phenoxy) is 2. The second-order valence-corrected chi connectivity index (χ2v) is 4.80. The maximum absolute atomic E-state index is 5.55. The Kier molecular flexibility index (Phi) is 7.77. The van der Waals surface area contributed by atoms with E-state index in [4.69, 9.17) is 9.47 Å².